The van der Waals surface area contributed by atoms with Crippen molar-refractivity contribution < 1.29 is 17.5 Å². The highest BCUT2D eigenvalue weighted by molar-refractivity contribution is 7.89. The minimum absolute atomic E-state index is 0.104. The van der Waals surface area contributed by atoms with Crippen LogP contribution in [0.25, 0.3) is 11.7 Å². The predicted molar refractivity (Wildman–Crippen MR) is 144 cm³/mol. The summed E-state index contributed by atoms with van der Waals surface area (Å²) >= 11 is 0. The molecule has 1 fully saturated rings. The van der Waals surface area contributed by atoms with Crippen molar-refractivity contribution >= 4 is 33.1 Å². The molecule has 3 aromatic rings. The Morgan fingerprint density at radius 3 is 2.84 bits per heavy atom. The Morgan fingerprint density at radius 2 is 2.14 bits per heavy atom. The highest BCUT2D eigenvalue weighted by Gasteiger charge is 2.28. The van der Waals surface area contributed by atoms with Crippen molar-refractivity contribution in [1.82, 2.24) is 19.0 Å². The molecule has 2 aromatic heterocycles. The maximum atomic E-state index is 14.6. The number of halogens is 1. The van der Waals surface area contributed by atoms with Crippen molar-refractivity contribution in [3.05, 3.63) is 54.5 Å². The quantitative estimate of drug-likeness (QED) is 0.388. The molecule has 0 spiro atoms. The number of ether oxygens (including phenoxy) is 1. The second kappa shape index (κ2) is 11.2. The molecule has 0 aliphatic carbocycles. The fourth-order valence-electron chi connectivity index (χ4n) is 4.27. The van der Waals surface area contributed by atoms with E-state index < -0.39 is 16.2 Å². The van der Waals surface area contributed by atoms with Crippen molar-refractivity contribution in [3.8, 4) is 17.6 Å². The number of nitrogens with one attached hydrogen (secondary N) is 3. The standard InChI is InChI=1S/C26H31FN6O3S/c1-5-24-21(8-6-13-29-22-11-10-18(16-25(22)36-4)37(34,35)28-2)31-26-23(9-7-14-33(24)26)30-20-12-15-32(3)17-19(20)27/h5,7,9-11,14,16,19-20,28-30H,1,12-13,15,17H2,2-4H3/t19-,20+/m0/s1. The first-order valence-corrected chi connectivity index (χ1v) is 13.3. The lowest BCUT2D eigenvalue weighted by Crippen LogP contribution is -2.46. The van der Waals surface area contributed by atoms with Gasteiger partial charge in [0.25, 0.3) is 0 Å². The van der Waals surface area contributed by atoms with Crippen LogP contribution in [-0.2, 0) is 10.0 Å². The van der Waals surface area contributed by atoms with Crippen molar-refractivity contribution in [1.29, 1.82) is 0 Å². The monoisotopic (exact) mass is 526 g/mol. The number of benzene rings is 1. The van der Waals surface area contributed by atoms with Gasteiger partial charge in [-0.3, -0.25) is 4.40 Å². The summed E-state index contributed by atoms with van der Waals surface area (Å²) < 4.78 is 48.2. The van der Waals surface area contributed by atoms with Crippen LogP contribution in [0.2, 0.25) is 0 Å². The Labute approximate surface area is 216 Å². The lowest BCUT2D eigenvalue weighted by Gasteiger charge is -2.33. The number of pyridine rings is 1. The minimum atomic E-state index is -3.58. The van der Waals surface area contributed by atoms with Crippen LogP contribution in [0.1, 0.15) is 17.8 Å². The molecule has 4 rings (SSSR count). The third-order valence-corrected chi connectivity index (χ3v) is 7.70. The summed E-state index contributed by atoms with van der Waals surface area (Å²) in [6.45, 7) is 5.41. The van der Waals surface area contributed by atoms with Gasteiger partial charge in [0.15, 0.2) is 5.65 Å². The Morgan fingerprint density at radius 1 is 1.32 bits per heavy atom. The number of aromatic nitrogens is 2. The zero-order chi connectivity index (χ0) is 26.6. The lowest BCUT2D eigenvalue weighted by molar-refractivity contribution is 0.149. The van der Waals surface area contributed by atoms with Crippen molar-refractivity contribution in [3.63, 3.8) is 0 Å². The van der Waals surface area contributed by atoms with E-state index in [1.807, 2.05) is 34.7 Å². The van der Waals surface area contributed by atoms with E-state index >= 15 is 0 Å². The van der Waals surface area contributed by atoms with Gasteiger partial charge < -0.3 is 20.3 Å². The molecule has 3 heterocycles. The molecule has 37 heavy (non-hydrogen) atoms. The van der Waals surface area contributed by atoms with E-state index in [0.29, 0.717) is 35.7 Å². The van der Waals surface area contributed by atoms with Gasteiger partial charge in [-0.05, 0) is 56.8 Å². The number of alkyl halides is 1. The Hall–Kier alpha value is -3.59. The number of anilines is 2. The van der Waals surface area contributed by atoms with Crippen molar-refractivity contribution in [2.75, 3.05) is 51.5 Å². The van der Waals surface area contributed by atoms with Crippen LogP contribution in [0.3, 0.4) is 0 Å². The molecule has 0 bridgehead atoms. The van der Waals surface area contributed by atoms with Gasteiger partial charge in [0.2, 0.25) is 10.0 Å². The largest absolute Gasteiger partial charge is 0.495 e. The normalized spacial score (nSPS) is 18.2. The van der Waals surface area contributed by atoms with Crippen LogP contribution in [-0.4, -0.2) is 75.8 Å². The number of imidazole rings is 1. The SMILES string of the molecule is C=Cc1c(C#CCNc2ccc(S(=O)(=O)NC)cc2OC)nc2c(N[C@@H]3CCN(C)C[C@@H]3F)cccn12. The number of hydrogen-bond acceptors (Lipinski definition) is 7. The van der Waals surface area contributed by atoms with Crippen molar-refractivity contribution in [2.45, 2.75) is 23.5 Å². The number of sulfonamides is 1. The van der Waals surface area contributed by atoms with E-state index in [9.17, 15) is 12.8 Å². The number of hydrogen-bond donors (Lipinski definition) is 3. The second-order valence-corrected chi connectivity index (χ2v) is 10.6. The highest BCUT2D eigenvalue weighted by atomic mass is 32.2. The molecule has 11 heteroatoms. The molecule has 1 aromatic carbocycles. The van der Waals surface area contributed by atoms with E-state index in [-0.39, 0.29) is 17.5 Å². The summed E-state index contributed by atoms with van der Waals surface area (Å²) in [6.07, 6.45) is 3.31. The average molecular weight is 527 g/mol. The number of likely N-dealkylation sites (tertiary alicyclic amines) is 1. The fourth-order valence-corrected chi connectivity index (χ4v) is 5.02. The maximum absolute atomic E-state index is 14.6. The maximum Gasteiger partial charge on any atom is 0.240 e. The molecule has 1 aliphatic rings. The zero-order valence-corrected chi connectivity index (χ0v) is 21.9. The average Bonchev–Trinajstić information content (AvgIpc) is 3.26. The third kappa shape index (κ3) is 5.72. The number of nitrogens with zero attached hydrogens (tertiary/aromatic N) is 3. The van der Waals surface area contributed by atoms with Crippen LogP contribution in [0.4, 0.5) is 15.8 Å². The molecular formula is C26H31FN6O3S. The molecule has 1 saturated heterocycles. The zero-order valence-electron chi connectivity index (χ0n) is 21.1. The van der Waals surface area contributed by atoms with Crippen molar-refractivity contribution in [2.24, 2.45) is 0 Å². The number of fused-ring (bicyclic) bond motifs is 1. The molecule has 196 valence electrons. The fraction of sp³-hybridized carbons (Fsp3) is 0.346. The van der Waals surface area contributed by atoms with Crippen LogP contribution < -0.4 is 20.1 Å². The Bertz CT molecular complexity index is 1460. The third-order valence-electron chi connectivity index (χ3n) is 6.29. The summed E-state index contributed by atoms with van der Waals surface area (Å²) in [5, 5.41) is 6.48. The first kappa shape index (κ1) is 26.5. The predicted octanol–water partition coefficient (Wildman–Crippen LogP) is 2.81. The first-order chi connectivity index (χ1) is 17.8. The smallest absolute Gasteiger partial charge is 0.240 e. The molecule has 1 aliphatic heterocycles. The van der Waals surface area contributed by atoms with Gasteiger partial charge in [0.05, 0.1) is 41.7 Å². The Kier molecular flexibility index (Phi) is 8.02. The number of methoxy groups -OCH3 is 1. The van der Waals surface area contributed by atoms with Crippen LogP contribution in [0, 0.1) is 11.8 Å². The number of piperidine rings is 1. The van der Waals surface area contributed by atoms with Crippen LogP contribution in [0.15, 0.2) is 48.0 Å². The highest BCUT2D eigenvalue weighted by Crippen LogP contribution is 2.27. The summed E-state index contributed by atoms with van der Waals surface area (Å²) in [6, 6.07) is 8.06. The van der Waals surface area contributed by atoms with E-state index in [1.165, 1.54) is 26.3 Å². The summed E-state index contributed by atoms with van der Waals surface area (Å²) in [7, 11) is 1.17. The molecule has 0 unspecified atom stereocenters. The summed E-state index contributed by atoms with van der Waals surface area (Å²) in [5.74, 6) is 6.51. The molecule has 9 nitrogen and oxygen atoms in total. The molecule has 0 radical (unpaired) electrons. The van der Waals surface area contributed by atoms with Gasteiger partial charge in [-0.15, -0.1) is 0 Å². The van der Waals surface area contributed by atoms with Gasteiger partial charge in [-0.1, -0.05) is 12.5 Å². The second-order valence-electron chi connectivity index (χ2n) is 8.71. The molecule has 2 atom stereocenters. The Balaban J connectivity index is 1.53. The van der Waals surface area contributed by atoms with Gasteiger partial charge in [0.1, 0.15) is 17.6 Å². The van der Waals surface area contributed by atoms with Gasteiger partial charge in [-0.25, -0.2) is 22.5 Å². The summed E-state index contributed by atoms with van der Waals surface area (Å²) in [4.78, 5) is 6.81. The molecule has 0 amide bonds. The van der Waals surface area contributed by atoms with Gasteiger partial charge >= 0.3 is 0 Å². The van der Waals surface area contributed by atoms with Crippen LogP contribution >= 0.6 is 0 Å². The molecule has 0 saturated carbocycles. The van der Waals surface area contributed by atoms with Crippen LogP contribution in [0.5, 0.6) is 5.75 Å². The van der Waals surface area contributed by atoms with E-state index in [0.717, 1.165) is 17.9 Å². The van der Waals surface area contributed by atoms with E-state index in [1.54, 1.807) is 12.1 Å². The minimum Gasteiger partial charge on any atom is -0.495 e. The lowest BCUT2D eigenvalue weighted by atomic mass is 10.0. The number of rotatable bonds is 8. The molecule has 3 N–H and O–H groups in total. The van der Waals surface area contributed by atoms with E-state index in [4.69, 9.17) is 9.72 Å². The summed E-state index contributed by atoms with van der Waals surface area (Å²) in [5.41, 5.74) is 3.30. The topological polar surface area (TPSA) is 100 Å². The first-order valence-electron chi connectivity index (χ1n) is 11.8. The van der Waals surface area contributed by atoms with E-state index in [2.05, 4.69) is 33.8 Å². The van der Waals surface area contributed by atoms with Gasteiger partial charge in [0, 0.05) is 25.4 Å². The van der Waals surface area contributed by atoms with Gasteiger partial charge in [-0.2, -0.15) is 0 Å². The molecular weight excluding hydrogens is 495 g/mol.